The average molecular weight is 532 g/mol. The SMILES string of the molecule is COCCCOc1cc(C(=O)N(C[C@@H]2CNC[C@H]2CN(C)C(=O)C2CCC(OC)CC2)C(C)C)ccc1C. The molecule has 0 unspecified atom stereocenters. The summed E-state index contributed by atoms with van der Waals surface area (Å²) in [6.07, 6.45) is 4.81. The predicted molar refractivity (Wildman–Crippen MR) is 150 cm³/mol. The lowest BCUT2D eigenvalue weighted by Gasteiger charge is -2.34. The summed E-state index contributed by atoms with van der Waals surface area (Å²) >= 11 is 0. The number of benzene rings is 1. The first-order valence-corrected chi connectivity index (χ1v) is 14.3. The largest absolute Gasteiger partial charge is 0.493 e. The van der Waals surface area contributed by atoms with Crippen molar-refractivity contribution in [3.63, 3.8) is 0 Å². The van der Waals surface area contributed by atoms with E-state index in [-0.39, 0.29) is 29.7 Å². The highest BCUT2D eigenvalue weighted by molar-refractivity contribution is 5.95. The number of amides is 2. The maximum atomic E-state index is 13.7. The van der Waals surface area contributed by atoms with Gasteiger partial charge in [-0.25, -0.2) is 0 Å². The number of nitrogens with zero attached hydrogens (tertiary/aromatic N) is 2. The van der Waals surface area contributed by atoms with E-state index in [0.717, 1.165) is 56.5 Å². The van der Waals surface area contributed by atoms with Gasteiger partial charge in [0.05, 0.1) is 12.7 Å². The summed E-state index contributed by atoms with van der Waals surface area (Å²) in [5.74, 6) is 1.71. The van der Waals surface area contributed by atoms with Crippen molar-refractivity contribution in [2.75, 3.05) is 60.7 Å². The molecule has 3 rings (SSSR count). The first kappa shape index (κ1) is 30.4. The Morgan fingerprint density at radius 2 is 1.71 bits per heavy atom. The summed E-state index contributed by atoms with van der Waals surface area (Å²) in [7, 11) is 5.37. The van der Waals surface area contributed by atoms with E-state index in [1.807, 2.05) is 42.0 Å². The summed E-state index contributed by atoms with van der Waals surface area (Å²) in [5.41, 5.74) is 1.66. The lowest BCUT2D eigenvalue weighted by molar-refractivity contribution is -0.136. The topological polar surface area (TPSA) is 80.3 Å². The number of methoxy groups -OCH3 is 2. The van der Waals surface area contributed by atoms with Crippen molar-refractivity contribution in [2.45, 2.75) is 65.0 Å². The molecule has 1 saturated carbocycles. The predicted octanol–water partition coefficient (Wildman–Crippen LogP) is 3.76. The standard InChI is InChI=1S/C30H49N3O5/c1-21(2)33(30(35)24-9-8-22(3)28(16-24)38-15-7-14-36-5)20-26-18-31-17-25(26)19-32(4)29(34)23-10-12-27(37-6)13-11-23/h8-9,16,21,23,25-27,31H,7,10-15,17-20H2,1-6H3/t23?,25-,26-,27?/m0/s1. The molecule has 1 heterocycles. The van der Waals surface area contributed by atoms with Crippen molar-refractivity contribution in [3.8, 4) is 5.75 Å². The maximum Gasteiger partial charge on any atom is 0.254 e. The van der Waals surface area contributed by atoms with Crippen molar-refractivity contribution in [2.24, 2.45) is 17.8 Å². The van der Waals surface area contributed by atoms with E-state index in [2.05, 4.69) is 19.2 Å². The molecule has 0 spiro atoms. The molecule has 0 radical (unpaired) electrons. The van der Waals surface area contributed by atoms with E-state index in [1.54, 1.807) is 14.2 Å². The summed E-state index contributed by atoms with van der Waals surface area (Å²) in [5, 5.41) is 3.51. The molecule has 1 aromatic carbocycles. The molecule has 1 aliphatic carbocycles. The molecule has 8 heteroatoms. The van der Waals surface area contributed by atoms with Crippen LogP contribution in [-0.2, 0) is 14.3 Å². The van der Waals surface area contributed by atoms with E-state index in [4.69, 9.17) is 14.2 Å². The third-order valence-corrected chi connectivity index (χ3v) is 8.22. The van der Waals surface area contributed by atoms with Crippen LogP contribution in [0.1, 0.15) is 61.9 Å². The van der Waals surface area contributed by atoms with Gasteiger partial charge < -0.3 is 29.3 Å². The van der Waals surface area contributed by atoms with E-state index >= 15 is 0 Å². The first-order chi connectivity index (χ1) is 18.2. The number of carbonyl (C=O) groups is 2. The van der Waals surface area contributed by atoms with Crippen LogP contribution >= 0.6 is 0 Å². The fourth-order valence-corrected chi connectivity index (χ4v) is 5.73. The number of ether oxygens (including phenoxy) is 3. The number of hydrogen-bond acceptors (Lipinski definition) is 6. The Morgan fingerprint density at radius 1 is 1.03 bits per heavy atom. The van der Waals surface area contributed by atoms with Crippen LogP contribution in [0, 0.1) is 24.7 Å². The van der Waals surface area contributed by atoms with E-state index in [1.165, 1.54) is 0 Å². The van der Waals surface area contributed by atoms with Gasteiger partial charge in [-0.1, -0.05) is 6.07 Å². The Hall–Kier alpha value is -2.16. The minimum absolute atomic E-state index is 0.0201. The van der Waals surface area contributed by atoms with E-state index < -0.39 is 0 Å². The zero-order valence-corrected chi connectivity index (χ0v) is 24.3. The van der Waals surface area contributed by atoms with Gasteiger partial charge in [-0.3, -0.25) is 9.59 Å². The second-order valence-corrected chi connectivity index (χ2v) is 11.3. The van der Waals surface area contributed by atoms with Gasteiger partial charge in [0.1, 0.15) is 5.75 Å². The molecule has 1 N–H and O–H groups in total. The molecule has 214 valence electrons. The first-order valence-electron chi connectivity index (χ1n) is 14.3. The molecule has 0 aromatic heterocycles. The van der Waals surface area contributed by atoms with Crippen LogP contribution in [0.4, 0.5) is 0 Å². The highest BCUT2D eigenvalue weighted by Crippen LogP contribution is 2.29. The monoisotopic (exact) mass is 531 g/mol. The minimum atomic E-state index is 0.0201. The van der Waals surface area contributed by atoms with Crippen molar-refractivity contribution >= 4 is 11.8 Å². The number of rotatable bonds is 13. The zero-order valence-electron chi connectivity index (χ0n) is 24.3. The van der Waals surface area contributed by atoms with Crippen LogP contribution in [0.25, 0.3) is 0 Å². The molecule has 0 bridgehead atoms. The van der Waals surface area contributed by atoms with Gasteiger partial charge >= 0.3 is 0 Å². The average Bonchev–Trinajstić information content (AvgIpc) is 3.36. The molecular weight excluding hydrogens is 482 g/mol. The van der Waals surface area contributed by atoms with Gasteiger partial charge in [-0.05, 0) is 76.0 Å². The molecule has 2 amide bonds. The second-order valence-electron chi connectivity index (χ2n) is 11.3. The second kappa shape index (κ2) is 14.8. The molecule has 2 aliphatic rings. The van der Waals surface area contributed by atoms with Crippen LogP contribution in [0.5, 0.6) is 5.75 Å². The number of hydrogen-bond donors (Lipinski definition) is 1. The van der Waals surface area contributed by atoms with Crippen LogP contribution < -0.4 is 10.1 Å². The summed E-state index contributed by atoms with van der Waals surface area (Å²) in [4.78, 5) is 30.7. The maximum absolute atomic E-state index is 13.7. The smallest absolute Gasteiger partial charge is 0.254 e. The van der Waals surface area contributed by atoms with Crippen LogP contribution in [0.2, 0.25) is 0 Å². The molecule has 38 heavy (non-hydrogen) atoms. The Bertz CT molecular complexity index is 900. The molecule has 1 aliphatic heterocycles. The summed E-state index contributed by atoms with van der Waals surface area (Å²) < 4.78 is 16.5. The lowest BCUT2D eigenvalue weighted by atomic mass is 9.86. The quantitative estimate of drug-likeness (QED) is 0.391. The van der Waals surface area contributed by atoms with Gasteiger partial charge in [-0.2, -0.15) is 0 Å². The zero-order chi connectivity index (χ0) is 27.7. The Labute approximate surface area is 229 Å². The van der Waals surface area contributed by atoms with E-state index in [9.17, 15) is 9.59 Å². The van der Waals surface area contributed by atoms with Gasteiger partial charge in [0.2, 0.25) is 5.91 Å². The van der Waals surface area contributed by atoms with Gasteiger partial charge in [-0.15, -0.1) is 0 Å². The van der Waals surface area contributed by atoms with Crippen LogP contribution in [0.3, 0.4) is 0 Å². The van der Waals surface area contributed by atoms with Gasteiger partial charge in [0.15, 0.2) is 0 Å². The van der Waals surface area contributed by atoms with E-state index in [0.29, 0.717) is 43.9 Å². The van der Waals surface area contributed by atoms with Crippen LogP contribution in [-0.4, -0.2) is 94.4 Å². The number of nitrogens with one attached hydrogen (secondary N) is 1. The van der Waals surface area contributed by atoms with Crippen molar-refractivity contribution in [1.29, 1.82) is 0 Å². The highest BCUT2D eigenvalue weighted by Gasteiger charge is 2.35. The van der Waals surface area contributed by atoms with Gasteiger partial charge in [0, 0.05) is 78.0 Å². The van der Waals surface area contributed by atoms with Crippen molar-refractivity contribution < 1.29 is 23.8 Å². The van der Waals surface area contributed by atoms with Gasteiger partial charge in [0.25, 0.3) is 5.91 Å². The molecule has 1 aromatic rings. The third-order valence-electron chi connectivity index (χ3n) is 8.22. The van der Waals surface area contributed by atoms with Crippen molar-refractivity contribution in [1.82, 2.24) is 15.1 Å². The third kappa shape index (κ3) is 8.17. The molecular formula is C30H49N3O5. The molecule has 8 nitrogen and oxygen atoms in total. The van der Waals surface area contributed by atoms with Crippen LogP contribution in [0.15, 0.2) is 18.2 Å². The summed E-state index contributed by atoms with van der Waals surface area (Å²) in [6, 6.07) is 5.78. The normalized spacial score (nSPS) is 23.4. The summed E-state index contributed by atoms with van der Waals surface area (Å²) in [6.45, 7) is 10.4. The Kier molecular flexibility index (Phi) is 11.9. The molecule has 2 atom stereocenters. The minimum Gasteiger partial charge on any atom is -0.493 e. The molecule has 1 saturated heterocycles. The van der Waals surface area contributed by atoms with Crippen molar-refractivity contribution in [3.05, 3.63) is 29.3 Å². The molecule has 2 fully saturated rings. The fraction of sp³-hybridized carbons (Fsp3) is 0.733. The highest BCUT2D eigenvalue weighted by atomic mass is 16.5. The fourth-order valence-electron chi connectivity index (χ4n) is 5.73. The lowest BCUT2D eigenvalue weighted by Crippen LogP contribution is -2.44. The Balaban J connectivity index is 1.61. The Morgan fingerprint density at radius 3 is 2.34 bits per heavy atom. The number of carbonyl (C=O) groups excluding carboxylic acids is 2. The number of aryl methyl sites for hydroxylation is 1.